The van der Waals surface area contributed by atoms with E-state index in [1.165, 1.54) is 0 Å². The Balaban J connectivity index is 0. The van der Waals surface area contributed by atoms with Crippen molar-refractivity contribution in [2.24, 2.45) is 0 Å². The molecule has 8 N–H and O–H groups in total. The molecule has 1 fully saturated rings. The first-order valence-corrected chi connectivity index (χ1v) is 18.9. The number of amides is 4. The minimum absolute atomic E-state index is 0.349. The molecule has 4 amide bonds. The van der Waals surface area contributed by atoms with Gasteiger partial charge in [0.05, 0.1) is 0 Å². The van der Waals surface area contributed by atoms with Gasteiger partial charge in [0.2, 0.25) is 0 Å². The van der Waals surface area contributed by atoms with Crippen LogP contribution in [-0.4, -0.2) is 102 Å². The van der Waals surface area contributed by atoms with Crippen molar-refractivity contribution >= 4 is 60.8 Å². The number of hydrogen-bond acceptors (Lipinski definition) is 8. The summed E-state index contributed by atoms with van der Waals surface area (Å²) in [5.41, 5.74) is 0. The fourth-order valence-corrected chi connectivity index (χ4v) is 2.23. The summed E-state index contributed by atoms with van der Waals surface area (Å²) < 4.78 is 0. The van der Waals surface area contributed by atoms with E-state index in [9.17, 15) is 19.2 Å². The number of rotatable bonds is 0. The van der Waals surface area contributed by atoms with E-state index in [1.54, 1.807) is 0 Å². The number of hydrogen-bond donors (Lipinski definition) is 8. The zero-order valence-corrected chi connectivity index (χ0v) is 24.8. The topological polar surface area (TPSA) is 165 Å². The van der Waals surface area contributed by atoms with Crippen LogP contribution in [0.3, 0.4) is 0 Å². The summed E-state index contributed by atoms with van der Waals surface area (Å²) in [6, 6.07) is 0. The molecule has 1 aliphatic heterocycles. The number of carbonyl (C=O) groups is 4. The van der Waals surface area contributed by atoms with Crippen LogP contribution in [0.25, 0.3) is 0 Å². The van der Waals surface area contributed by atoms with Crippen molar-refractivity contribution in [2.75, 3.05) is 78.5 Å². The molecule has 0 aliphatic carbocycles. The van der Waals surface area contributed by atoms with Gasteiger partial charge in [-0.05, 0) is 0 Å². The van der Waals surface area contributed by atoms with Gasteiger partial charge in [-0.1, -0.05) is 0 Å². The van der Waals surface area contributed by atoms with Crippen LogP contribution in [-0.2, 0) is 53.2 Å². The first kappa shape index (κ1) is 36.5. The van der Waals surface area contributed by atoms with Crippen LogP contribution in [0.15, 0.2) is 0 Å². The van der Waals surface area contributed by atoms with Crippen molar-refractivity contribution in [1.29, 1.82) is 0 Å². The fraction of sp³-hybridized carbons (Fsp3) is 0.750. The van der Waals surface area contributed by atoms with Gasteiger partial charge in [0.25, 0.3) is 0 Å². The van der Waals surface area contributed by atoms with Crippen molar-refractivity contribution in [3.05, 3.63) is 0 Å². The van der Waals surface area contributed by atoms with E-state index in [4.69, 9.17) is 37.2 Å². The van der Waals surface area contributed by atoms with Crippen LogP contribution >= 0.6 is 37.2 Å². The van der Waals surface area contributed by atoms with E-state index in [1.807, 2.05) is 0 Å². The monoisotopic (exact) mass is 636 g/mol. The third-order valence-corrected chi connectivity index (χ3v) is 3.72. The molecule has 196 valence electrons. The molecule has 0 atom stereocenters. The summed E-state index contributed by atoms with van der Waals surface area (Å²) in [7, 11) is 19.6. The van der Waals surface area contributed by atoms with Gasteiger partial charge in [-0.25, -0.2) is 0 Å². The molecule has 18 heteroatoms. The van der Waals surface area contributed by atoms with Crippen molar-refractivity contribution in [2.45, 2.75) is 0 Å². The molecule has 1 rings (SSSR count). The Morgan fingerprint density at radius 3 is 0.706 bits per heavy atom. The second-order valence-corrected chi connectivity index (χ2v) is 11.3. The Morgan fingerprint density at radius 1 is 0.382 bits per heavy atom. The van der Waals surface area contributed by atoms with E-state index in [2.05, 4.69) is 42.5 Å². The molecular weight excluding hydrogens is 606 g/mol. The van der Waals surface area contributed by atoms with E-state index in [-0.39, 0.29) is 0 Å². The zero-order valence-electron chi connectivity index (χ0n) is 18.6. The Labute approximate surface area is 233 Å². The van der Waals surface area contributed by atoms with Crippen LogP contribution in [0.2, 0.25) is 0 Å². The number of halogens is 4. The van der Waals surface area contributed by atoms with E-state index < -0.39 is 57.7 Å². The maximum absolute atomic E-state index is 11.6. The van der Waals surface area contributed by atoms with Crippen molar-refractivity contribution in [3.63, 3.8) is 0 Å². The Bertz CT molecular complexity index is 469. The van der Waals surface area contributed by atoms with Gasteiger partial charge in [-0.15, -0.1) is 0 Å². The molecule has 1 heterocycles. The van der Waals surface area contributed by atoms with Crippen LogP contribution in [0, 0.1) is 0 Å². The summed E-state index contributed by atoms with van der Waals surface area (Å²) in [6.07, 6.45) is 0. The van der Waals surface area contributed by atoms with E-state index >= 15 is 0 Å². The third-order valence-electron chi connectivity index (χ3n) is 3.72. The van der Waals surface area contributed by atoms with Gasteiger partial charge in [0.1, 0.15) is 0 Å². The zero-order chi connectivity index (χ0) is 25.9. The molecule has 0 aromatic carbocycles. The third kappa shape index (κ3) is 26.9. The molecule has 12 nitrogen and oxygen atoms in total. The van der Waals surface area contributed by atoms with E-state index in [0.717, 1.165) is 0 Å². The molecule has 0 bridgehead atoms. The Hall–Kier alpha value is 0.309. The maximum atomic E-state index is 11.6. The van der Waals surface area contributed by atoms with Gasteiger partial charge >= 0.3 is 94.9 Å². The molecule has 0 aromatic heterocycles. The first-order chi connectivity index (χ1) is 16.4. The van der Waals surface area contributed by atoms with Gasteiger partial charge in [-0.2, -0.15) is 0 Å². The molecule has 1 aliphatic rings. The average Bonchev–Trinajstić information content (AvgIpc) is 2.81. The molecular formula is C16H32Cl4N8O4Ti2. The predicted molar refractivity (Wildman–Crippen MR) is 127 cm³/mol. The normalized spacial score (nSPS) is 18.5. The van der Waals surface area contributed by atoms with Gasteiger partial charge in [0, 0.05) is 78.5 Å². The van der Waals surface area contributed by atoms with Crippen LogP contribution in [0.1, 0.15) is 0 Å². The molecule has 1 saturated heterocycles. The van der Waals surface area contributed by atoms with Gasteiger partial charge in [-0.3, -0.25) is 19.2 Å². The SMILES string of the molecule is O=C1NCCNCCNCCNC(=O)C(=O)NCCNCCNCCNC1=O.[Cl][Ti][Cl].[Cl][Ti][Cl]. The fourth-order valence-electron chi connectivity index (χ4n) is 2.23. The quantitative estimate of drug-likeness (QED) is 0.107. The predicted octanol–water partition coefficient (Wildman–Crippen LogP) is -2.42. The van der Waals surface area contributed by atoms with Crippen molar-refractivity contribution < 1.29 is 53.2 Å². The molecule has 0 unspecified atom stereocenters. The summed E-state index contributed by atoms with van der Waals surface area (Å²) in [4.78, 5) is 46.5. The second kappa shape index (κ2) is 29.5. The minimum atomic E-state index is -0.645. The number of carbonyl (C=O) groups excluding carboxylic acids is 4. The standard InChI is InChI=1S/C16H32N8O4.4ClH.2Ti/c25-13-14(26)23-11-7-19-3-4-20-8-12-24-16(28)15(27)22-10-6-18-2-1-17-5-9-21-13;;;;;;/h17-20H,1-12H2,(H,21,25)(H,22,27)(H,23,26)(H,24,28);4*1H;;/q;;;;;2*+2/p-4. The molecule has 0 saturated carbocycles. The summed E-state index contributed by atoms with van der Waals surface area (Å²) in [6.45, 7) is 6.18. The molecule has 34 heavy (non-hydrogen) atoms. The number of nitrogens with one attached hydrogen (secondary N) is 8. The first-order valence-electron chi connectivity index (χ1n) is 10.3. The van der Waals surface area contributed by atoms with Crippen LogP contribution in [0.4, 0.5) is 0 Å². The van der Waals surface area contributed by atoms with Crippen LogP contribution in [0.5, 0.6) is 0 Å². The van der Waals surface area contributed by atoms with Crippen molar-refractivity contribution in [3.8, 4) is 0 Å². The van der Waals surface area contributed by atoms with Crippen LogP contribution < -0.4 is 42.5 Å². The average molecular weight is 638 g/mol. The summed E-state index contributed by atoms with van der Waals surface area (Å²) in [5, 5.41) is 22.6. The second-order valence-electron chi connectivity index (χ2n) is 6.17. The van der Waals surface area contributed by atoms with Gasteiger partial charge < -0.3 is 42.5 Å². The molecule has 0 aromatic rings. The Morgan fingerprint density at radius 2 is 0.529 bits per heavy atom. The molecule has 0 spiro atoms. The van der Waals surface area contributed by atoms with E-state index in [0.29, 0.717) is 78.5 Å². The summed E-state index contributed by atoms with van der Waals surface area (Å²) >= 11 is -1.11. The Kier molecular flexibility index (Phi) is 31.7. The molecule has 0 radical (unpaired) electrons. The van der Waals surface area contributed by atoms with Crippen molar-refractivity contribution in [1.82, 2.24) is 42.5 Å². The van der Waals surface area contributed by atoms with Gasteiger partial charge in [0.15, 0.2) is 0 Å². The summed E-state index contributed by atoms with van der Waals surface area (Å²) in [5.74, 6) is -2.58.